The van der Waals surface area contributed by atoms with Crippen molar-refractivity contribution in [3.8, 4) is 5.75 Å². The number of carbonyl (C=O) groups is 1. The van der Waals surface area contributed by atoms with Gasteiger partial charge in [-0.1, -0.05) is 35.9 Å². The highest BCUT2D eigenvalue weighted by Gasteiger charge is 2.15. The maximum absolute atomic E-state index is 12.3. The van der Waals surface area contributed by atoms with Gasteiger partial charge in [0.05, 0.1) is 0 Å². The molecule has 0 amide bonds. The number of hydrogen-bond donors (Lipinski definition) is 2. The van der Waals surface area contributed by atoms with Gasteiger partial charge < -0.3 is 24.9 Å². The fourth-order valence-electron chi connectivity index (χ4n) is 2.76. The Kier molecular flexibility index (Phi) is 6.26. The number of anilines is 3. The van der Waals surface area contributed by atoms with Crippen LogP contribution in [-0.2, 0) is 18.0 Å². The molecule has 0 aliphatic heterocycles. The molecule has 0 saturated heterocycles. The minimum atomic E-state index is -0.650. The smallest absolute Gasteiger partial charge is 0.374 e. The first-order chi connectivity index (χ1) is 15.5. The number of nitrogens with zero attached hydrogens (tertiary/aromatic N) is 3. The van der Waals surface area contributed by atoms with Crippen molar-refractivity contribution in [2.24, 2.45) is 0 Å². The lowest BCUT2D eigenvalue weighted by molar-refractivity contribution is 0.0421. The van der Waals surface area contributed by atoms with Crippen LogP contribution < -0.4 is 15.8 Å². The van der Waals surface area contributed by atoms with Gasteiger partial charge >= 0.3 is 5.97 Å². The lowest BCUT2D eigenvalue weighted by atomic mass is 10.2. The molecule has 0 spiro atoms. The third-order valence-corrected chi connectivity index (χ3v) is 4.33. The Hall–Kier alpha value is -4.40. The van der Waals surface area contributed by atoms with E-state index in [1.54, 1.807) is 6.07 Å². The molecule has 32 heavy (non-hydrogen) atoms. The summed E-state index contributed by atoms with van der Waals surface area (Å²) in [5.41, 5.74) is 7.69. The Morgan fingerprint density at radius 2 is 1.75 bits per heavy atom. The van der Waals surface area contributed by atoms with Gasteiger partial charge in [0.25, 0.3) is 0 Å². The molecule has 0 aliphatic rings. The first-order valence-corrected chi connectivity index (χ1v) is 9.83. The zero-order chi connectivity index (χ0) is 22.3. The van der Waals surface area contributed by atoms with Gasteiger partial charge in [-0.2, -0.15) is 15.0 Å². The summed E-state index contributed by atoms with van der Waals surface area (Å²) in [5, 5.41) is 3.05. The summed E-state index contributed by atoms with van der Waals surface area (Å²) >= 11 is 0. The number of nitrogens with one attached hydrogen (secondary N) is 1. The molecule has 9 heteroatoms. The summed E-state index contributed by atoms with van der Waals surface area (Å²) in [6.07, 6.45) is 0. The van der Waals surface area contributed by atoms with E-state index in [0.717, 1.165) is 11.3 Å². The number of rotatable bonds is 8. The summed E-state index contributed by atoms with van der Waals surface area (Å²) in [6, 6.07) is 20.2. The van der Waals surface area contributed by atoms with Crippen molar-refractivity contribution >= 4 is 23.6 Å². The Balaban J connectivity index is 1.34. The van der Waals surface area contributed by atoms with Crippen molar-refractivity contribution in [3.63, 3.8) is 0 Å². The van der Waals surface area contributed by atoms with Gasteiger partial charge in [-0.05, 0) is 43.3 Å². The Labute approximate surface area is 184 Å². The Bertz CT molecular complexity index is 1190. The van der Waals surface area contributed by atoms with E-state index in [9.17, 15) is 4.79 Å². The molecule has 0 bridgehead atoms. The molecular weight excluding hydrogens is 410 g/mol. The molecule has 162 valence electrons. The molecule has 2 aromatic heterocycles. The number of aromatic nitrogens is 3. The van der Waals surface area contributed by atoms with Crippen molar-refractivity contribution in [2.75, 3.05) is 11.1 Å². The van der Waals surface area contributed by atoms with Crippen LogP contribution in [0.5, 0.6) is 5.75 Å². The van der Waals surface area contributed by atoms with E-state index >= 15 is 0 Å². The van der Waals surface area contributed by atoms with Gasteiger partial charge in [-0.15, -0.1) is 0 Å². The fraction of sp³-hybridized carbons (Fsp3) is 0.130. The standard InChI is InChI=1S/C23H21N5O4/c1-15-7-9-16(10-8-15)25-23-27-20(26-22(24)28-23)14-31-21(29)19-12-11-18(32-19)13-30-17-5-3-2-4-6-17/h2-12H,13-14H2,1H3,(H3,24,25,26,27,28). The van der Waals surface area contributed by atoms with E-state index in [-0.39, 0.29) is 36.7 Å². The van der Waals surface area contributed by atoms with Crippen molar-refractivity contribution < 1.29 is 18.7 Å². The first-order valence-electron chi connectivity index (χ1n) is 9.83. The third-order valence-electron chi connectivity index (χ3n) is 4.33. The minimum Gasteiger partial charge on any atom is -0.486 e. The van der Waals surface area contributed by atoms with Crippen molar-refractivity contribution in [2.45, 2.75) is 20.1 Å². The van der Waals surface area contributed by atoms with Gasteiger partial charge in [-0.25, -0.2) is 4.79 Å². The van der Waals surface area contributed by atoms with Crippen LogP contribution in [-0.4, -0.2) is 20.9 Å². The number of nitrogens with two attached hydrogens (primary N) is 1. The molecule has 0 atom stereocenters. The van der Waals surface area contributed by atoms with E-state index in [2.05, 4.69) is 20.3 Å². The Morgan fingerprint density at radius 1 is 0.969 bits per heavy atom. The number of benzene rings is 2. The van der Waals surface area contributed by atoms with Gasteiger partial charge in [0, 0.05) is 5.69 Å². The zero-order valence-corrected chi connectivity index (χ0v) is 17.3. The maximum Gasteiger partial charge on any atom is 0.374 e. The van der Waals surface area contributed by atoms with E-state index < -0.39 is 5.97 Å². The topological polar surface area (TPSA) is 125 Å². The summed E-state index contributed by atoms with van der Waals surface area (Å²) in [4.78, 5) is 24.6. The normalized spacial score (nSPS) is 10.5. The quantitative estimate of drug-likeness (QED) is 0.398. The second-order valence-corrected chi connectivity index (χ2v) is 6.87. The predicted molar refractivity (Wildman–Crippen MR) is 117 cm³/mol. The van der Waals surface area contributed by atoms with Gasteiger partial charge in [0.1, 0.15) is 18.1 Å². The number of carbonyl (C=O) groups excluding carboxylic acids is 1. The number of esters is 1. The number of para-hydroxylation sites is 1. The molecule has 4 aromatic rings. The summed E-state index contributed by atoms with van der Waals surface area (Å²) in [7, 11) is 0. The lowest BCUT2D eigenvalue weighted by Crippen LogP contribution is -2.11. The highest BCUT2D eigenvalue weighted by molar-refractivity contribution is 5.86. The summed E-state index contributed by atoms with van der Waals surface area (Å²) < 4.78 is 16.4. The zero-order valence-electron chi connectivity index (χ0n) is 17.3. The van der Waals surface area contributed by atoms with Gasteiger partial charge in [0.2, 0.25) is 17.7 Å². The molecule has 9 nitrogen and oxygen atoms in total. The van der Waals surface area contributed by atoms with Gasteiger partial charge in [0.15, 0.2) is 12.4 Å². The van der Waals surface area contributed by atoms with Crippen LogP contribution in [0.3, 0.4) is 0 Å². The van der Waals surface area contributed by atoms with E-state index in [1.807, 2.05) is 61.5 Å². The fourth-order valence-corrected chi connectivity index (χ4v) is 2.76. The minimum absolute atomic E-state index is 0.0130. The highest BCUT2D eigenvalue weighted by Crippen LogP contribution is 2.16. The van der Waals surface area contributed by atoms with Crippen LogP contribution in [0.4, 0.5) is 17.6 Å². The summed E-state index contributed by atoms with van der Waals surface area (Å²) in [5.74, 6) is 1.08. The lowest BCUT2D eigenvalue weighted by Gasteiger charge is -2.08. The molecule has 0 saturated carbocycles. The van der Waals surface area contributed by atoms with E-state index in [4.69, 9.17) is 19.6 Å². The Morgan fingerprint density at radius 3 is 2.53 bits per heavy atom. The van der Waals surface area contributed by atoms with Crippen LogP contribution in [0.2, 0.25) is 0 Å². The van der Waals surface area contributed by atoms with Crippen LogP contribution in [0, 0.1) is 6.92 Å². The van der Waals surface area contributed by atoms with E-state index in [1.165, 1.54) is 6.07 Å². The van der Waals surface area contributed by atoms with E-state index in [0.29, 0.717) is 11.5 Å². The predicted octanol–water partition coefficient (Wildman–Crippen LogP) is 4.03. The molecule has 0 fully saturated rings. The largest absolute Gasteiger partial charge is 0.486 e. The molecule has 3 N–H and O–H groups in total. The average molecular weight is 431 g/mol. The molecule has 0 unspecified atom stereocenters. The SMILES string of the molecule is Cc1ccc(Nc2nc(N)nc(COC(=O)c3ccc(COc4ccccc4)o3)n2)cc1. The van der Waals surface area contributed by atoms with Crippen LogP contribution >= 0.6 is 0 Å². The van der Waals surface area contributed by atoms with Crippen LogP contribution in [0.15, 0.2) is 71.1 Å². The average Bonchev–Trinajstić information content (AvgIpc) is 3.27. The van der Waals surface area contributed by atoms with Crippen molar-refractivity contribution in [1.82, 2.24) is 15.0 Å². The molecule has 0 aliphatic carbocycles. The number of ether oxygens (including phenoxy) is 2. The van der Waals surface area contributed by atoms with Crippen molar-refractivity contribution in [3.05, 3.63) is 89.6 Å². The van der Waals surface area contributed by atoms with Crippen LogP contribution in [0.25, 0.3) is 0 Å². The number of nitrogen functional groups attached to an aromatic ring is 1. The molecular formula is C23H21N5O4. The number of aryl methyl sites for hydroxylation is 1. The monoisotopic (exact) mass is 431 g/mol. The molecule has 4 rings (SSSR count). The second-order valence-electron chi connectivity index (χ2n) is 6.87. The third kappa shape index (κ3) is 5.60. The second kappa shape index (κ2) is 9.61. The number of furan rings is 1. The summed E-state index contributed by atoms with van der Waals surface area (Å²) in [6.45, 7) is 2.00. The van der Waals surface area contributed by atoms with Gasteiger partial charge in [-0.3, -0.25) is 0 Å². The van der Waals surface area contributed by atoms with Crippen LogP contribution in [0.1, 0.15) is 27.7 Å². The first kappa shape index (κ1) is 20.9. The maximum atomic E-state index is 12.3. The molecule has 0 radical (unpaired) electrons. The molecule has 2 aromatic carbocycles. The van der Waals surface area contributed by atoms with Crippen molar-refractivity contribution in [1.29, 1.82) is 0 Å². The molecule has 2 heterocycles. The highest BCUT2D eigenvalue weighted by atomic mass is 16.5. The number of hydrogen-bond acceptors (Lipinski definition) is 9.